The predicted octanol–water partition coefficient (Wildman–Crippen LogP) is 5.85. The molecule has 0 saturated heterocycles. The lowest BCUT2D eigenvalue weighted by Gasteiger charge is -2.43. The molecule has 0 spiro atoms. The van der Waals surface area contributed by atoms with Crippen molar-refractivity contribution in [2.24, 2.45) is 5.41 Å². The Morgan fingerprint density at radius 3 is 2.27 bits per heavy atom. The van der Waals surface area contributed by atoms with Crippen molar-refractivity contribution in [2.45, 2.75) is 83.8 Å². The van der Waals surface area contributed by atoms with Crippen LogP contribution in [0, 0.1) is 5.41 Å². The minimum Gasteiger partial charge on any atom is -0.391 e. The Balaban J connectivity index is 2.39. The Bertz CT molecular complexity index is 609. The third kappa shape index (κ3) is 4.66. The highest BCUT2D eigenvalue weighted by molar-refractivity contribution is 5.47. The third-order valence-electron chi connectivity index (χ3n) is 5.45. The minimum atomic E-state index is -0.586. The summed E-state index contributed by atoms with van der Waals surface area (Å²) in [5.41, 5.74) is 1.11. The summed E-state index contributed by atoms with van der Waals surface area (Å²) in [5, 5.41) is 22.2. The molecule has 1 aliphatic rings. The molecule has 2 rings (SSSR count). The number of aliphatic hydroxyl groups is 2. The van der Waals surface area contributed by atoms with Gasteiger partial charge < -0.3 is 10.2 Å². The van der Waals surface area contributed by atoms with E-state index in [1.54, 1.807) is 0 Å². The van der Waals surface area contributed by atoms with Gasteiger partial charge in [-0.15, -0.1) is 0 Å². The average molecular weight is 357 g/mol. The molecular weight excluding hydrogens is 320 g/mol. The summed E-state index contributed by atoms with van der Waals surface area (Å²) < 4.78 is 0. The van der Waals surface area contributed by atoms with E-state index in [1.807, 2.05) is 18.2 Å². The van der Waals surface area contributed by atoms with E-state index in [0.29, 0.717) is 0 Å². The van der Waals surface area contributed by atoms with Crippen LogP contribution in [-0.2, 0) is 5.41 Å². The average Bonchev–Trinajstić information content (AvgIpc) is 2.64. The van der Waals surface area contributed by atoms with Crippen molar-refractivity contribution in [3.8, 4) is 0 Å². The molecule has 2 heteroatoms. The zero-order chi connectivity index (χ0) is 19.2. The van der Waals surface area contributed by atoms with Gasteiger partial charge in [-0.1, -0.05) is 102 Å². The number of allylic oxidation sites excluding steroid dienone is 2. The van der Waals surface area contributed by atoms with Crippen molar-refractivity contribution in [2.75, 3.05) is 0 Å². The van der Waals surface area contributed by atoms with E-state index in [4.69, 9.17) is 0 Å². The van der Waals surface area contributed by atoms with Gasteiger partial charge in [-0.05, 0) is 29.4 Å². The number of benzene rings is 1. The monoisotopic (exact) mass is 356 g/mol. The Morgan fingerprint density at radius 2 is 1.65 bits per heavy atom. The third-order valence-corrected chi connectivity index (χ3v) is 5.45. The standard InChI is InChI=1S/C24H36O2/c1-5-6-7-9-16-21(25)19-14-10-11-15-20(19)24(17-12-8-13-18-24)22(26)23(2,3)4/h10-15,17-18,21-22,25-26H,5-9,16H2,1-4H3. The molecule has 0 fully saturated rings. The lowest BCUT2D eigenvalue weighted by molar-refractivity contribution is 0.0249. The maximum absolute atomic E-state index is 11.3. The summed E-state index contributed by atoms with van der Waals surface area (Å²) in [7, 11) is 0. The van der Waals surface area contributed by atoms with Crippen LogP contribution in [0.2, 0.25) is 0 Å². The number of hydrogen-bond donors (Lipinski definition) is 2. The minimum absolute atomic E-state index is 0.273. The molecule has 2 N–H and O–H groups in total. The fourth-order valence-electron chi connectivity index (χ4n) is 3.99. The molecule has 1 aromatic carbocycles. The zero-order valence-electron chi connectivity index (χ0n) is 16.9. The first-order valence-corrected chi connectivity index (χ1v) is 10.1. The quantitative estimate of drug-likeness (QED) is 0.453. The molecule has 0 radical (unpaired) electrons. The van der Waals surface area contributed by atoms with Gasteiger partial charge in [0.2, 0.25) is 0 Å². The van der Waals surface area contributed by atoms with Gasteiger partial charge in [0.15, 0.2) is 0 Å². The van der Waals surface area contributed by atoms with Crippen LogP contribution in [-0.4, -0.2) is 16.3 Å². The molecule has 1 aliphatic carbocycles. The van der Waals surface area contributed by atoms with Crippen LogP contribution in [0.15, 0.2) is 48.6 Å². The molecule has 2 atom stereocenters. The van der Waals surface area contributed by atoms with E-state index >= 15 is 0 Å². The van der Waals surface area contributed by atoms with Gasteiger partial charge in [0.1, 0.15) is 0 Å². The molecule has 0 bridgehead atoms. The highest BCUT2D eigenvalue weighted by atomic mass is 16.3. The molecule has 0 amide bonds. The van der Waals surface area contributed by atoms with Crippen LogP contribution in [0.1, 0.15) is 83.5 Å². The van der Waals surface area contributed by atoms with Gasteiger partial charge in [0.25, 0.3) is 0 Å². The second-order valence-corrected chi connectivity index (χ2v) is 8.69. The van der Waals surface area contributed by atoms with Crippen LogP contribution >= 0.6 is 0 Å². The lowest BCUT2D eigenvalue weighted by Crippen LogP contribution is -2.45. The van der Waals surface area contributed by atoms with E-state index in [-0.39, 0.29) is 5.41 Å². The summed E-state index contributed by atoms with van der Waals surface area (Å²) in [6, 6.07) is 8.09. The van der Waals surface area contributed by atoms with Crippen LogP contribution in [0.3, 0.4) is 0 Å². The van der Waals surface area contributed by atoms with Crippen molar-refractivity contribution < 1.29 is 10.2 Å². The lowest BCUT2D eigenvalue weighted by atomic mass is 9.64. The topological polar surface area (TPSA) is 40.5 Å². The fourth-order valence-corrected chi connectivity index (χ4v) is 3.99. The Hall–Kier alpha value is -1.38. The van der Waals surface area contributed by atoms with Gasteiger partial charge in [0, 0.05) is 0 Å². The van der Waals surface area contributed by atoms with Crippen LogP contribution in [0.5, 0.6) is 0 Å². The highest BCUT2D eigenvalue weighted by Gasteiger charge is 2.43. The van der Waals surface area contributed by atoms with Crippen molar-refractivity contribution in [1.82, 2.24) is 0 Å². The van der Waals surface area contributed by atoms with Crippen molar-refractivity contribution in [3.05, 3.63) is 59.7 Å². The van der Waals surface area contributed by atoms with Crippen LogP contribution in [0.25, 0.3) is 0 Å². The second-order valence-electron chi connectivity index (χ2n) is 8.69. The summed E-state index contributed by atoms with van der Waals surface area (Å²) in [4.78, 5) is 0. The summed E-state index contributed by atoms with van der Waals surface area (Å²) in [5.74, 6) is 0. The summed E-state index contributed by atoms with van der Waals surface area (Å²) in [6.07, 6.45) is 13.7. The molecule has 0 aliphatic heterocycles. The molecule has 0 aromatic heterocycles. The van der Waals surface area contributed by atoms with Gasteiger partial charge in [0.05, 0.1) is 17.6 Å². The number of rotatable bonds is 8. The molecular formula is C24H36O2. The molecule has 26 heavy (non-hydrogen) atoms. The Morgan fingerprint density at radius 1 is 1.00 bits per heavy atom. The normalized spacial score (nSPS) is 18.7. The zero-order valence-corrected chi connectivity index (χ0v) is 16.9. The van der Waals surface area contributed by atoms with Gasteiger partial charge in [-0.2, -0.15) is 0 Å². The van der Waals surface area contributed by atoms with Crippen molar-refractivity contribution in [3.63, 3.8) is 0 Å². The number of aliphatic hydroxyl groups excluding tert-OH is 2. The Kier molecular flexibility index (Phi) is 7.25. The van der Waals surface area contributed by atoms with E-state index in [2.05, 4.69) is 58.1 Å². The van der Waals surface area contributed by atoms with Crippen LogP contribution in [0.4, 0.5) is 0 Å². The molecule has 2 unspecified atom stereocenters. The largest absolute Gasteiger partial charge is 0.391 e. The number of unbranched alkanes of at least 4 members (excludes halogenated alkanes) is 3. The smallest absolute Gasteiger partial charge is 0.0793 e. The highest BCUT2D eigenvalue weighted by Crippen LogP contribution is 2.44. The molecule has 1 aromatic rings. The van der Waals surface area contributed by atoms with E-state index in [9.17, 15) is 10.2 Å². The molecule has 0 saturated carbocycles. The first kappa shape index (κ1) is 20.9. The van der Waals surface area contributed by atoms with E-state index in [1.165, 1.54) is 12.8 Å². The molecule has 144 valence electrons. The first-order valence-electron chi connectivity index (χ1n) is 10.1. The van der Waals surface area contributed by atoms with Gasteiger partial charge in [-0.3, -0.25) is 0 Å². The van der Waals surface area contributed by atoms with Gasteiger partial charge >= 0.3 is 0 Å². The number of hydrogen-bond acceptors (Lipinski definition) is 2. The Labute approximate surface area is 159 Å². The fraction of sp³-hybridized carbons (Fsp3) is 0.583. The van der Waals surface area contributed by atoms with E-state index < -0.39 is 17.6 Å². The summed E-state index contributed by atoms with van der Waals surface area (Å²) in [6.45, 7) is 8.41. The first-order chi connectivity index (χ1) is 12.3. The maximum Gasteiger partial charge on any atom is 0.0793 e. The maximum atomic E-state index is 11.3. The van der Waals surface area contributed by atoms with Crippen molar-refractivity contribution in [1.29, 1.82) is 0 Å². The van der Waals surface area contributed by atoms with Crippen LogP contribution < -0.4 is 0 Å². The van der Waals surface area contributed by atoms with Gasteiger partial charge in [-0.25, -0.2) is 0 Å². The summed E-state index contributed by atoms with van der Waals surface area (Å²) >= 11 is 0. The second kappa shape index (κ2) is 9.01. The molecule has 0 heterocycles. The SMILES string of the molecule is CCCCCCC(O)c1ccccc1C1(C(O)C(C)(C)C)C=CCC=C1. The van der Waals surface area contributed by atoms with E-state index in [0.717, 1.165) is 36.8 Å². The molecule has 2 nitrogen and oxygen atoms in total. The van der Waals surface area contributed by atoms with Crippen molar-refractivity contribution >= 4 is 0 Å². The predicted molar refractivity (Wildman–Crippen MR) is 110 cm³/mol.